The van der Waals surface area contributed by atoms with Crippen LogP contribution in [0.1, 0.15) is 23.1 Å². The first-order valence-corrected chi connectivity index (χ1v) is 7.23. The van der Waals surface area contributed by atoms with E-state index in [4.69, 9.17) is 11.6 Å². The first-order valence-electron chi connectivity index (χ1n) is 6.79. The summed E-state index contributed by atoms with van der Waals surface area (Å²) in [7, 11) is 0. The highest BCUT2D eigenvalue weighted by Gasteiger charge is 2.29. The number of rotatable bonds is 5. The van der Waals surface area contributed by atoms with Gasteiger partial charge in [-0.3, -0.25) is 0 Å². The van der Waals surface area contributed by atoms with Gasteiger partial charge in [-0.15, -0.1) is 11.6 Å². The van der Waals surface area contributed by atoms with Gasteiger partial charge in [-0.25, -0.2) is 0 Å². The molecule has 0 fully saturated rings. The molecule has 0 aliphatic carbocycles. The summed E-state index contributed by atoms with van der Waals surface area (Å²) in [6.07, 6.45) is -2.04. The fraction of sp³-hybridized carbons (Fsp3) is 0.294. The third-order valence-corrected chi connectivity index (χ3v) is 3.70. The summed E-state index contributed by atoms with van der Waals surface area (Å²) in [6.45, 7) is 0. The quantitative estimate of drug-likeness (QED) is 0.641. The molecule has 21 heavy (non-hydrogen) atoms. The third kappa shape index (κ3) is 5.09. The van der Waals surface area contributed by atoms with E-state index in [9.17, 15) is 13.2 Å². The van der Waals surface area contributed by atoms with Gasteiger partial charge in [0, 0.05) is 5.38 Å². The zero-order valence-corrected chi connectivity index (χ0v) is 12.2. The predicted octanol–water partition coefficient (Wildman–Crippen LogP) is 5.49. The van der Waals surface area contributed by atoms with Crippen LogP contribution in [0.4, 0.5) is 13.2 Å². The van der Waals surface area contributed by atoms with E-state index in [1.165, 1.54) is 17.7 Å². The number of hydrogen-bond acceptors (Lipinski definition) is 0. The molecule has 2 aromatic carbocycles. The van der Waals surface area contributed by atoms with E-state index in [2.05, 4.69) is 0 Å². The minimum absolute atomic E-state index is 0.0815. The fourth-order valence-electron chi connectivity index (χ4n) is 2.16. The van der Waals surface area contributed by atoms with Gasteiger partial charge in [0.1, 0.15) is 0 Å². The average molecular weight is 313 g/mol. The molecule has 2 rings (SSSR count). The van der Waals surface area contributed by atoms with Gasteiger partial charge >= 0.3 is 6.18 Å². The summed E-state index contributed by atoms with van der Waals surface area (Å²) in [6, 6.07) is 15.2. The molecular weight excluding hydrogens is 297 g/mol. The highest BCUT2D eigenvalue weighted by molar-refractivity contribution is 6.20. The molecular formula is C17H16ClF3. The summed E-state index contributed by atoms with van der Waals surface area (Å²) >= 11 is 6.27. The van der Waals surface area contributed by atoms with Crippen molar-refractivity contribution in [2.24, 2.45) is 0 Å². The first-order chi connectivity index (χ1) is 9.95. The minimum Gasteiger partial charge on any atom is -0.166 e. The van der Waals surface area contributed by atoms with Gasteiger partial charge in [-0.1, -0.05) is 42.5 Å². The second kappa shape index (κ2) is 6.99. The molecule has 0 heterocycles. The second-order valence-electron chi connectivity index (χ2n) is 5.02. The van der Waals surface area contributed by atoms with Gasteiger partial charge in [0.25, 0.3) is 0 Å². The molecule has 1 unspecified atom stereocenters. The van der Waals surface area contributed by atoms with E-state index in [0.29, 0.717) is 6.42 Å². The molecule has 4 heteroatoms. The molecule has 112 valence electrons. The Hall–Kier alpha value is -1.48. The Bertz CT molecular complexity index is 546. The molecule has 0 nitrogen and oxygen atoms in total. The summed E-state index contributed by atoms with van der Waals surface area (Å²) in [5.74, 6) is 0. The van der Waals surface area contributed by atoms with Crippen molar-refractivity contribution in [2.75, 3.05) is 0 Å². The van der Waals surface area contributed by atoms with Crippen LogP contribution in [0, 0.1) is 0 Å². The second-order valence-corrected chi connectivity index (χ2v) is 5.64. The Labute approximate surface area is 127 Å². The molecule has 0 bridgehead atoms. The van der Waals surface area contributed by atoms with Crippen molar-refractivity contribution in [1.82, 2.24) is 0 Å². The monoisotopic (exact) mass is 312 g/mol. The maximum atomic E-state index is 12.5. The van der Waals surface area contributed by atoms with E-state index < -0.39 is 11.7 Å². The van der Waals surface area contributed by atoms with Crippen molar-refractivity contribution >= 4 is 11.6 Å². The van der Waals surface area contributed by atoms with Crippen LogP contribution < -0.4 is 0 Å². The standard InChI is InChI=1S/C17H16ClF3/c18-16(11-8-13-4-2-1-3-5-13)12-14-6-9-15(10-7-14)17(19,20)21/h1-7,9-10,16H,8,11-12H2. The highest BCUT2D eigenvalue weighted by atomic mass is 35.5. The maximum absolute atomic E-state index is 12.5. The lowest BCUT2D eigenvalue weighted by Crippen LogP contribution is -2.07. The predicted molar refractivity (Wildman–Crippen MR) is 79.6 cm³/mol. The van der Waals surface area contributed by atoms with Gasteiger partial charge in [-0.2, -0.15) is 13.2 Å². The molecule has 0 aromatic heterocycles. The highest BCUT2D eigenvalue weighted by Crippen LogP contribution is 2.29. The molecule has 0 saturated carbocycles. The van der Waals surface area contributed by atoms with Crippen molar-refractivity contribution < 1.29 is 13.2 Å². The lowest BCUT2D eigenvalue weighted by Gasteiger charge is -2.11. The van der Waals surface area contributed by atoms with Gasteiger partial charge in [0.15, 0.2) is 0 Å². The zero-order valence-electron chi connectivity index (χ0n) is 11.4. The van der Waals surface area contributed by atoms with Crippen LogP contribution in [0.3, 0.4) is 0 Å². The van der Waals surface area contributed by atoms with Crippen molar-refractivity contribution in [3.63, 3.8) is 0 Å². The van der Waals surface area contributed by atoms with Crippen molar-refractivity contribution in [3.8, 4) is 0 Å². The zero-order chi connectivity index (χ0) is 15.3. The molecule has 0 N–H and O–H groups in total. The van der Waals surface area contributed by atoms with Gasteiger partial charge < -0.3 is 0 Å². The molecule has 0 amide bonds. The molecule has 0 spiro atoms. The molecule has 0 aliphatic rings. The molecule has 0 radical (unpaired) electrons. The Balaban J connectivity index is 1.86. The van der Waals surface area contributed by atoms with E-state index in [1.54, 1.807) is 0 Å². The Kier molecular flexibility index (Phi) is 5.29. The Morgan fingerprint density at radius 1 is 0.857 bits per heavy atom. The minimum atomic E-state index is -4.29. The van der Waals surface area contributed by atoms with Gasteiger partial charge in [-0.05, 0) is 42.5 Å². The number of hydrogen-bond donors (Lipinski definition) is 0. The summed E-state index contributed by atoms with van der Waals surface area (Å²) < 4.78 is 37.4. The topological polar surface area (TPSA) is 0 Å². The normalized spacial score (nSPS) is 13.1. The van der Waals surface area contributed by atoms with Crippen LogP contribution in [-0.2, 0) is 19.0 Å². The fourth-order valence-corrected chi connectivity index (χ4v) is 2.44. The van der Waals surface area contributed by atoms with E-state index >= 15 is 0 Å². The van der Waals surface area contributed by atoms with Crippen LogP contribution in [0.2, 0.25) is 0 Å². The van der Waals surface area contributed by atoms with Crippen molar-refractivity contribution in [2.45, 2.75) is 30.8 Å². The molecule has 1 atom stereocenters. The summed E-state index contributed by atoms with van der Waals surface area (Å²) in [5, 5.41) is -0.0815. The summed E-state index contributed by atoms with van der Waals surface area (Å²) in [5.41, 5.74) is 1.42. The Morgan fingerprint density at radius 2 is 1.48 bits per heavy atom. The van der Waals surface area contributed by atoms with E-state index in [0.717, 1.165) is 30.5 Å². The SMILES string of the molecule is FC(F)(F)c1ccc(CC(Cl)CCc2ccccc2)cc1. The number of benzene rings is 2. The van der Waals surface area contributed by atoms with E-state index in [1.807, 2.05) is 30.3 Å². The van der Waals surface area contributed by atoms with Crippen LogP contribution in [-0.4, -0.2) is 5.38 Å². The smallest absolute Gasteiger partial charge is 0.166 e. The van der Waals surface area contributed by atoms with Crippen molar-refractivity contribution in [1.29, 1.82) is 0 Å². The maximum Gasteiger partial charge on any atom is 0.416 e. The van der Waals surface area contributed by atoms with Crippen molar-refractivity contribution in [3.05, 3.63) is 71.3 Å². The summed E-state index contributed by atoms with van der Waals surface area (Å²) in [4.78, 5) is 0. The Morgan fingerprint density at radius 3 is 2.05 bits per heavy atom. The van der Waals surface area contributed by atoms with Gasteiger partial charge in [0.2, 0.25) is 0 Å². The lowest BCUT2D eigenvalue weighted by atomic mass is 10.0. The first kappa shape index (κ1) is 15.9. The third-order valence-electron chi connectivity index (χ3n) is 3.33. The number of alkyl halides is 4. The van der Waals surface area contributed by atoms with Crippen LogP contribution in [0.15, 0.2) is 54.6 Å². The molecule has 2 aromatic rings. The molecule has 0 saturated heterocycles. The van der Waals surface area contributed by atoms with Crippen LogP contribution in [0.25, 0.3) is 0 Å². The van der Waals surface area contributed by atoms with E-state index in [-0.39, 0.29) is 5.38 Å². The lowest BCUT2D eigenvalue weighted by molar-refractivity contribution is -0.137. The van der Waals surface area contributed by atoms with Gasteiger partial charge in [0.05, 0.1) is 5.56 Å². The number of halogens is 4. The molecule has 0 aliphatic heterocycles. The average Bonchev–Trinajstić information content (AvgIpc) is 2.46. The van der Waals surface area contributed by atoms with Crippen LogP contribution >= 0.6 is 11.6 Å². The largest absolute Gasteiger partial charge is 0.416 e. The van der Waals surface area contributed by atoms with Crippen LogP contribution in [0.5, 0.6) is 0 Å². The number of aryl methyl sites for hydroxylation is 1.